The monoisotopic (exact) mass is 402 g/mol. The van der Waals surface area contributed by atoms with Gasteiger partial charge in [0.05, 0.1) is 11.2 Å². The van der Waals surface area contributed by atoms with Crippen LogP contribution in [0.25, 0.3) is 6.08 Å². The zero-order valence-electron chi connectivity index (χ0n) is 17.4. The Balaban J connectivity index is 2.38. The molecule has 8 nitrogen and oxygen atoms in total. The van der Waals surface area contributed by atoms with E-state index >= 15 is 0 Å². The molecule has 0 spiro atoms. The number of hydrogen-bond acceptors (Lipinski definition) is 5. The molecule has 0 radical (unpaired) electrons. The van der Waals surface area contributed by atoms with Crippen LogP contribution in [-0.4, -0.2) is 54.3 Å². The molecule has 0 aliphatic carbocycles. The van der Waals surface area contributed by atoms with E-state index in [0.29, 0.717) is 16.6 Å². The van der Waals surface area contributed by atoms with E-state index in [1.165, 1.54) is 6.92 Å². The van der Waals surface area contributed by atoms with Gasteiger partial charge in [0, 0.05) is 19.0 Å². The SMILES string of the molecule is CC(=O)NCC(=Cc1ccccc1C(=O)NCC(=O)O)B1OC(C)(C)C(C)(C)O1. The van der Waals surface area contributed by atoms with Gasteiger partial charge in [0.15, 0.2) is 0 Å². The molecule has 1 aliphatic heterocycles. The summed E-state index contributed by atoms with van der Waals surface area (Å²) < 4.78 is 12.2. The van der Waals surface area contributed by atoms with E-state index in [9.17, 15) is 14.4 Å². The maximum absolute atomic E-state index is 12.4. The Morgan fingerprint density at radius 3 is 2.17 bits per heavy atom. The second-order valence-corrected chi connectivity index (χ2v) is 7.88. The van der Waals surface area contributed by atoms with Gasteiger partial charge in [-0.15, -0.1) is 0 Å². The van der Waals surface area contributed by atoms with Crippen LogP contribution in [0, 0.1) is 0 Å². The molecule has 1 saturated heterocycles. The molecule has 0 unspecified atom stereocenters. The molecule has 0 bridgehead atoms. The molecule has 1 fully saturated rings. The highest BCUT2D eigenvalue weighted by Crippen LogP contribution is 2.38. The van der Waals surface area contributed by atoms with E-state index in [1.807, 2.05) is 27.7 Å². The van der Waals surface area contributed by atoms with Gasteiger partial charge in [0.2, 0.25) is 5.91 Å². The third-order valence-corrected chi connectivity index (χ3v) is 5.04. The predicted octanol–water partition coefficient (Wildman–Crippen LogP) is 1.65. The van der Waals surface area contributed by atoms with Gasteiger partial charge in [-0.2, -0.15) is 0 Å². The van der Waals surface area contributed by atoms with Gasteiger partial charge < -0.3 is 25.0 Å². The zero-order valence-corrected chi connectivity index (χ0v) is 17.4. The van der Waals surface area contributed by atoms with E-state index in [4.69, 9.17) is 14.4 Å². The summed E-state index contributed by atoms with van der Waals surface area (Å²) in [5.74, 6) is -1.85. The van der Waals surface area contributed by atoms with E-state index in [2.05, 4.69) is 10.6 Å². The van der Waals surface area contributed by atoms with Crippen LogP contribution in [0.5, 0.6) is 0 Å². The van der Waals surface area contributed by atoms with Crippen molar-refractivity contribution in [2.24, 2.45) is 0 Å². The molecule has 156 valence electrons. The lowest BCUT2D eigenvalue weighted by atomic mass is 9.76. The second kappa shape index (κ2) is 8.79. The number of hydrogen-bond donors (Lipinski definition) is 3. The zero-order chi connectivity index (χ0) is 21.8. The lowest BCUT2D eigenvalue weighted by Gasteiger charge is -2.32. The van der Waals surface area contributed by atoms with Crippen molar-refractivity contribution in [3.8, 4) is 0 Å². The minimum atomic E-state index is -1.13. The van der Waals surface area contributed by atoms with Crippen LogP contribution in [0.4, 0.5) is 0 Å². The van der Waals surface area contributed by atoms with Crippen LogP contribution < -0.4 is 10.6 Å². The van der Waals surface area contributed by atoms with E-state index < -0.39 is 36.7 Å². The maximum Gasteiger partial charge on any atom is 0.492 e. The molecule has 1 aliphatic rings. The highest BCUT2D eigenvalue weighted by molar-refractivity contribution is 6.56. The fourth-order valence-electron chi connectivity index (χ4n) is 2.70. The molecule has 1 heterocycles. The summed E-state index contributed by atoms with van der Waals surface area (Å²) >= 11 is 0. The number of rotatable bonds is 7. The minimum Gasteiger partial charge on any atom is -0.480 e. The van der Waals surface area contributed by atoms with E-state index in [-0.39, 0.29) is 12.5 Å². The Labute approximate surface area is 170 Å². The van der Waals surface area contributed by atoms with Crippen molar-refractivity contribution in [1.82, 2.24) is 10.6 Å². The van der Waals surface area contributed by atoms with Crippen molar-refractivity contribution >= 4 is 31.0 Å². The van der Waals surface area contributed by atoms with Crippen molar-refractivity contribution < 1.29 is 28.8 Å². The van der Waals surface area contributed by atoms with Crippen molar-refractivity contribution in [1.29, 1.82) is 0 Å². The fourth-order valence-corrected chi connectivity index (χ4v) is 2.70. The summed E-state index contributed by atoms with van der Waals surface area (Å²) in [4.78, 5) is 34.6. The smallest absolute Gasteiger partial charge is 0.480 e. The first-order valence-corrected chi connectivity index (χ1v) is 9.32. The molecule has 9 heteroatoms. The molecule has 0 atom stereocenters. The molecule has 1 aromatic carbocycles. The number of benzene rings is 1. The summed E-state index contributed by atoms with van der Waals surface area (Å²) in [5, 5.41) is 13.9. The van der Waals surface area contributed by atoms with Gasteiger partial charge >= 0.3 is 13.1 Å². The summed E-state index contributed by atoms with van der Waals surface area (Å²) in [6, 6.07) is 6.79. The van der Waals surface area contributed by atoms with Gasteiger partial charge in [-0.3, -0.25) is 14.4 Å². The summed E-state index contributed by atoms with van der Waals surface area (Å²) in [6.45, 7) is 8.82. The molecule has 0 aromatic heterocycles. The first-order chi connectivity index (χ1) is 13.4. The molecule has 0 saturated carbocycles. The number of carboxylic acids is 1. The molecular formula is C20H27BN2O6. The van der Waals surface area contributed by atoms with Gasteiger partial charge in [-0.25, -0.2) is 0 Å². The van der Waals surface area contributed by atoms with Gasteiger partial charge in [-0.05, 0) is 44.8 Å². The predicted molar refractivity (Wildman–Crippen MR) is 109 cm³/mol. The molecule has 3 N–H and O–H groups in total. The van der Waals surface area contributed by atoms with Gasteiger partial charge in [0.1, 0.15) is 6.54 Å². The second-order valence-electron chi connectivity index (χ2n) is 7.88. The number of aliphatic carboxylic acids is 1. The fraction of sp³-hybridized carbons (Fsp3) is 0.450. The lowest BCUT2D eigenvalue weighted by molar-refractivity contribution is -0.135. The third-order valence-electron chi connectivity index (χ3n) is 5.04. The van der Waals surface area contributed by atoms with Crippen molar-refractivity contribution in [2.45, 2.75) is 45.8 Å². The lowest BCUT2D eigenvalue weighted by Crippen LogP contribution is -2.41. The van der Waals surface area contributed by atoms with E-state index in [1.54, 1.807) is 30.3 Å². The third kappa shape index (κ3) is 5.68. The Morgan fingerprint density at radius 1 is 1.03 bits per heavy atom. The topological polar surface area (TPSA) is 114 Å². The average Bonchev–Trinajstić information content (AvgIpc) is 2.84. The maximum atomic E-state index is 12.4. The molecule has 2 amide bonds. The normalized spacial score (nSPS) is 17.7. The number of amides is 2. The first kappa shape index (κ1) is 22.6. The summed E-state index contributed by atoms with van der Waals surface area (Å²) in [7, 11) is -0.706. The van der Waals surface area contributed by atoms with Crippen LogP contribution >= 0.6 is 0 Å². The molecule has 1 aromatic rings. The van der Waals surface area contributed by atoms with Gasteiger partial charge in [-0.1, -0.05) is 24.3 Å². The highest BCUT2D eigenvalue weighted by Gasteiger charge is 2.52. The summed E-state index contributed by atoms with van der Waals surface area (Å²) in [5.41, 5.74) is 0.380. The number of carbonyl (C=O) groups excluding carboxylic acids is 2. The number of carboxylic acid groups (broad SMARTS) is 1. The Morgan fingerprint density at radius 2 is 1.62 bits per heavy atom. The summed E-state index contributed by atoms with van der Waals surface area (Å²) in [6.07, 6.45) is 1.73. The first-order valence-electron chi connectivity index (χ1n) is 9.32. The number of nitrogens with one attached hydrogen (secondary N) is 2. The Hall–Kier alpha value is -2.65. The molecule has 29 heavy (non-hydrogen) atoms. The molecular weight excluding hydrogens is 375 g/mol. The highest BCUT2D eigenvalue weighted by atomic mass is 16.7. The Kier molecular flexibility index (Phi) is 6.87. The standard InChI is InChI=1S/C20H27BN2O6/c1-13(24)22-11-15(21-28-19(2,3)20(4,5)29-21)10-14-8-6-7-9-16(14)18(27)23-12-17(25)26/h6-10H,11-12H2,1-5H3,(H,22,24)(H,23,27)(H,25,26). The van der Waals surface area contributed by atoms with Crippen molar-refractivity contribution in [3.63, 3.8) is 0 Å². The largest absolute Gasteiger partial charge is 0.492 e. The van der Waals surface area contributed by atoms with E-state index in [0.717, 1.165) is 0 Å². The quantitative estimate of drug-likeness (QED) is 0.598. The van der Waals surface area contributed by atoms with Crippen LogP contribution in [0.2, 0.25) is 0 Å². The van der Waals surface area contributed by atoms with Crippen LogP contribution in [0.15, 0.2) is 29.7 Å². The van der Waals surface area contributed by atoms with Crippen LogP contribution in [0.3, 0.4) is 0 Å². The van der Waals surface area contributed by atoms with Gasteiger partial charge in [0.25, 0.3) is 5.91 Å². The number of carbonyl (C=O) groups is 3. The van der Waals surface area contributed by atoms with Crippen molar-refractivity contribution in [3.05, 3.63) is 40.9 Å². The van der Waals surface area contributed by atoms with Crippen molar-refractivity contribution in [2.75, 3.05) is 13.1 Å². The Bertz CT molecular complexity index is 818. The van der Waals surface area contributed by atoms with Crippen LogP contribution in [-0.2, 0) is 18.9 Å². The molecule has 2 rings (SSSR count). The minimum absolute atomic E-state index is 0.178. The average molecular weight is 402 g/mol. The van der Waals surface area contributed by atoms with Crippen LogP contribution in [0.1, 0.15) is 50.5 Å².